The molecule has 0 aliphatic rings. The maximum atomic E-state index is 13.7. The average molecular weight is 323 g/mol. The molecule has 0 bridgehead atoms. The molecule has 0 amide bonds. The van der Waals surface area contributed by atoms with Crippen LogP contribution in [0.15, 0.2) is 48.8 Å². The first-order chi connectivity index (χ1) is 11.6. The fraction of sp³-hybridized carbons (Fsp3) is 0.0556. The van der Waals surface area contributed by atoms with Gasteiger partial charge >= 0.3 is 0 Å². The van der Waals surface area contributed by atoms with Crippen molar-refractivity contribution in [2.45, 2.75) is 0 Å². The topological polar surface area (TPSA) is 58.8 Å². The third-order valence-corrected chi connectivity index (χ3v) is 3.49. The highest BCUT2D eigenvalue weighted by Crippen LogP contribution is 2.24. The van der Waals surface area contributed by atoms with Crippen LogP contribution in [-0.2, 0) is 0 Å². The van der Waals surface area contributed by atoms with E-state index < -0.39 is 17.2 Å². The summed E-state index contributed by atoms with van der Waals surface area (Å²) < 4.78 is 32.5. The van der Waals surface area contributed by atoms with Crippen molar-refractivity contribution < 1.29 is 13.5 Å². The van der Waals surface area contributed by atoms with E-state index in [9.17, 15) is 8.78 Å². The summed E-state index contributed by atoms with van der Waals surface area (Å²) in [6.07, 6.45) is 3.14. The van der Waals surface area contributed by atoms with Crippen LogP contribution in [0.4, 0.5) is 8.78 Å². The zero-order chi connectivity index (χ0) is 17.1. The molecule has 0 fully saturated rings. The van der Waals surface area contributed by atoms with E-state index in [1.165, 1.54) is 6.07 Å². The van der Waals surface area contributed by atoms with Crippen LogP contribution in [0, 0.1) is 23.0 Å². The summed E-state index contributed by atoms with van der Waals surface area (Å²) >= 11 is 0. The van der Waals surface area contributed by atoms with Gasteiger partial charge in [-0.3, -0.25) is 0 Å². The molecule has 6 heteroatoms. The highest BCUT2D eigenvalue weighted by molar-refractivity contribution is 5.64. The number of nitriles is 1. The van der Waals surface area contributed by atoms with E-state index in [2.05, 4.69) is 9.97 Å². The SMILES string of the molecule is COc1ccc(-c2cnc(-c3cc(F)c(C#N)c(F)c3)nc2)cc1. The van der Waals surface area contributed by atoms with Gasteiger partial charge in [-0.2, -0.15) is 5.26 Å². The highest BCUT2D eigenvalue weighted by atomic mass is 19.1. The Balaban J connectivity index is 1.93. The molecule has 0 saturated carbocycles. The van der Waals surface area contributed by atoms with E-state index in [1.807, 2.05) is 24.3 Å². The fourth-order valence-corrected chi connectivity index (χ4v) is 2.22. The first-order valence-electron chi connectivity index (χ1n) is 6.98. The Morgan fingerprint density at radius 3 is 2.00 bits per heavy atom. The maximum absolute atomic E-state index is 13.7. The quantitative estimate of drug-likeness (QED) is 0.732. The molecule has 1 heterocycles. The fourth-order valence-electron chi connectivity index (χ4n) is 2.22. The number of hydrogen-bond acceptors (Lipinski definition) is 4. The minimum atomic E-state index is -0.935. The largest absolute Gasteiger partial charge is 0.497 e. The first-order valence-corrected chi connectivity index (χ1v) is 6.98. The van der Waals surface area contributed by atoms with Gasteiger partial charge in [0.15, 0.2) is 5.82 Å². The first kappa shape index (κ1) is 15.6. The van der Waals surface area contributed by atoms with Crippen LogP contribution in [-0.4, -0.2) is 17.1 Å². The lowest BCUT2D eigenvalue weighted by Crippen LogP contribution is -1.95. The van der Waals surface area contributed by atoms with Gasteiger partial charge in [0.2, 0.25) is 0 Å². The molecule has 118 valence electrons. The second kappa shape index (κ2) is 6.42. The van der Waals surface area contributed by atoms with Gasteiger partial charge in [-0.15, -0.1) is 0 Å². The number of nitrogens with zero attached hydrogens (tertiary/aromatic N) is 3. The normalized spacial score (nSPS) is 10.2. The van der Waals surface area contributed by atoms with E-state index in [0.29, 0.717) is 0 Å². The monoisotopic (exact) mass is 323 g/mol. The Hall–Kier alpha value is -3.33. The number of ether oxygens (including phenoxy) is 1. The van der Waals surface area contributed by atoms with Crippen molar-refractivity contribution in [1.82, 2.24) is 9.97 Å². The lowest BCUT2D eigenvalue weighted by Gasteiger charge is -2.05. The molecule has 0 atom stereocenters. The highest BCUT2D eigenvalue weighted by Gasteiger charge is 2.13. The molecule has 3 rings (SSSR count). The molecule has 4 nitrogen and oxygen atoms in total. The summed E-state index contributed by atoms with van der Waals surface area (Å²) in [5.74, 6) is -0.958. The Morgan fingerprint density at radius 1 is 0.917 bits per heavy atom. The summed E-state index contributed by atoms with van der Waals surface area (Å²) in [6, 6.07) is 10.9. The van der Waals surface area contributed by atoms with Crippen LogP contribution in [0.25, 0.3) is 22.5 Å². The number of benzene rings is 2. The summed E-state index contributed by atoms with van der Waals surface area (Å²) in [4.78, 5) is 8.29. The van der Waals surface area contributed by atoms with Gasteiger partial charge in [-0.25, -0.2) is 18.7 Å². The van der Waals surface area contributed by atoms with Gasteiger partial charge in [0, 0.05) is 23.5 Å². The van der Waals surface area contributed by atoms with E-state index in [4.69, 9.17) is 10.00 Å². The Labute approximate surface area is 137 Å². The molecular weight excluding hydrogens is 312 g/mol. The van der Waals surface area contributed by atoms with Gasteiger partial charge in [0.1, 0.15) is 29.0 Å². The molecule has 1 aromatic heterocycles. The van der Waals surface area contributed by atoms with Crippen molar-refractivity contribution in [3.8, 4) is 34.3 Å². The lowest BCUT2D eigenvalue weighted by molar-refractivity contribution is 0.415. The molecule has 0 spiro atoms. The van der Waals surface area contributed by atoms with Crippen LogP contribution in [0.1, 0.15) is 5.56 Å². The molecule has 24 heavy (non-hydrogen) atoms. The average Bonchev–Trinajstić information content (AvgIpc) is 2.62. The third kappa shape index (κ3) is 2.92. The molecule has 0 aliphatic heterocycles. The van der Waals surface area contributed by atoms with E-state index in [-0.39, 0.29) is 11.4 Å². The second-order valence-electron chi connectivity index (χ2n) is 4.95. The Kier molecular flexibility index (Phi) is 4.17. The summed E-state index contributed by atoms with van der Waals surface area (Å²) in [5.41, 5.74) is 1.20. The van der Waals surface area contributed by atoms with Crippen LogP contribution >= 0.6 is 0 Å². The molecule has 0 N–H and O–H groups in total. The zero-order valence-corrected chi connectivity index (χ0v) is 12.6. The smallest absolute Gasteiger partial charge is 0.159 e. The Bertz CT molecular complexity index is 893. The van der Waals surface area contributed by atoms with Gasteiger partial charge in [-0.1, -0.05) is 12.1 Å². The predicted octanol–water partition coefficient (Wildman–Crippen LogP) is 3.97. The van der Waals surface area contributed by atoms with Crippen LogP contribution in [0.5, 0.6) is 5.75 Å². The summed E-state index contributed by atoms with van der Waals surface area (Å²) in [6.45, 7) is 0. The van der Waals surface area contributed by atoms with E-state index >= 15 is 0 Å². The number of aromatic nitrogens is 2. The van der Waals surface area contributed by atoms with Crippen LogP contribution in [0.2, 0.25) is 0 Å². The molecule has 2 aromatic carbocycles. The van der Waals surface area contributed by atoms with Crippen molar-refractivity contribution in [3.05, 3.63) is 66.0 Å². The summed E-state index contributed by atoms with van der Waals surface area (Å²) in [7, 11) is 1.59. The number of methoxy groups -OCH3 is 1. The van der Waals surface area contributed by atoms with E-state index in [0.717, 1.165) is 29.0 Å². The number of rotatable bonds is 3. The number of halogens is 2. The maximum Gasteiger partial charge on any atom is 0.159 e. The molecule has 0 aliphatic carbocycles. The predicted molar refractivity (Wildman–Crippen MR) is 84.1 cm³/mol. The molecule has 0 saturated heterocycles. The van der Waals surface area contributed by atoms with Gasteiger partial charge in [-0.05, 0) is 29.8 Å². The van der Waals surface area contributed by atoms with Gasteiger partial charge in [0.05, 0.1) is 7.11 Å². The van der Waals surface area contributed by atoms with Gasteiger partial charge in [0.25, 0.3) is 0 Å². The standard InChI is InChI=1S/C18H11F2N3O/c1-24-14-4-2-11(3-5-14)13-9-22-18(23-10-13)12-6-16(19)15(8-21)17(20)7-12/h2-7,9-10H,1H3. The second-order valence-corrected chi connectivity index (χ2v) is 4.95. The molecular formula is C18H11F2N3O. The van der Waals surface area contributed by atoms with Crippen molar-refractivity contribution in [1.29, 1.82) is 5.26 Å². The van der Waals surface area contributed by atoms with Crippen molar-refractivity contribution in [3.63, 3.8) is 0 Å². The van der Waals surface area contributed by atoms with E-state index in [1.54, 1.807) is 19.5 Å². The number of hydrogen-bond donors (Lipinski definition) is 0. The minimum Gasteiger partial charge on any atom is -0.497 e. The van der Waals surface area contributed by atoms with Crippen molar-refractivity contribution >= 4 is 0 Å². The third-order valence-electron chi connectivity index (χ3n) is 3.49. The lowest BCUT2D eigenvalue weighted by atomic mass is 10.1. The van der Waals surface area contributed by atoms with Crippen LogP contribution < -0.4 is 4.74 Å². The minimum absolute atomic E-state index is 0.172. The molecule has 0 unspecified atom stereocenters. The van der Waals surface area contributed by atoms with Gasteiger partial charge < -0.3 is 4.74 Å². The molecule has 0 radical (unpaired) electrons. The summed E-state index contributed by atoms with van der Waals surface area (Å²) in [5, 5.41) is 8.69. The van der Waals surface area contributed by atoms with Crippen molar-refractivity contribution in [2.24, 2.45) is 0 Å². The molecule has 3 aromatic rings. The zero-order valence-electron chi connectivity index (χ0n) is 12.6. The van der Waals surface area contributed by atoms with Crippen molar-refractivity contribution in [2.75, 3.05) is 7.11 Å². The Morgan fingerprint density at radius 2 is 1.50 bits per heavy atom. The van der Waals surface area contributed by atoms with Crippen LogP contribution in [0.3, 0.4) is 0 Å².